The fraction of sp³-hybridized carbons (Fsp3) is 0.409. The van der Waals surface area contributed by atoms with Gasteiger partial charge in [-0.25, -0.2) is 19.9 Å². The molecule has 0 aliphatic rings. The van der Waals surface area contributed by atoms with Crippen molar-refractivity contribution >= 4 is 52.7 Å². The Balaban J connectivity index is 1.39. The molecule has 32 heavy (non-hydrogen) atoms. The molecule has 0 unspecified atom stereocenters. The Morgan fingerprint density at radius 3 is 2.53 bits per heavy atom. The van der Waals surface area contributed by atoms with Crippen molar-refractivity contribution in [2.45, 2.75) is 43.8 Å². The largest absolute Gasteiger partial charge is 0.363 e. The first kappa shape index (κ1) is 25.1. The Hall–Kier alpha value is -1.55. The lowest BCUT2D eigenvalue weighted by molar-refractivity contribution is 0.954. The van der Waals surface area contributed by atoms with E-state index in [-0.39, 0.29) is 0 Å². The number of aromatic nitrogens is 5. The summed E-state index contributed by atoms with van der Waals surface area (Å²) in [5, 5.41) is 4.73. The topological polar surface area (TPSA) is 76.5 Å². The van der Waals surface area contributed by atoms with Crippen LogP contribution < -0.4 is 5.32 Å². The number of pyridine rings is 1. The molecule has 0 saturated heterocycles. The highest BCUT2D eigenvalue weighted by molar-refractivity contribution is 8.03. The average Bonchev–Trinajstić information content (AvgIpc) is 2.79. The van der Waals surface area contributed by atoms with Crippen LogP contribution in [0.1, 0.15) is 29.2 Å². The van der Waals surface area contributed by atoms with Crippen molar-refractivity contribution in [2.24, 2.45) is 0 Å². The molecule has 10 heteroatoms. The predicted molar refractivity (Wildman–Crippen MR) is 138 cm³/mol. The summed E-state index contributed by atoms with van der Waals surface area (Å²) < 4.78 is 0. The first-order valence-electron chi connectivity index (χ1n) is 10.3. The summed E-state index contributed by atoms with van der Waals surface area (Å²) in [6.07, 6.45) is 6.62. The van der Waals surface area contributed by atoms with Gasteiger partial charge in [0.2, 0.25) is 0 Å². The molecule has 3 aromatic heterocycles. The van der Waals surface area contributed by atoms with E-state index in [2.05, 4.69) is 43.2 Å². The third kappa shape index (κ3) is 7.79. The number of aryl methyl sites for hydroxylation is 2. The van der Waals surface area contributed by atoms with E-state index < -0.39 is 0 Å². The highest BCUT2D eigenvalue weighted by Gasteiger charge is 2.10. The number of hydrogen-bond acceptors (Lipinski definition) is 9. The van der Waals surface area contributed by atoms with E-state index in [9.17, 15) is 0 Å². The minimum atomic E-state index is 0.561. The molecule has 1 N–H and O–H groups in total. The van der Waals surface area contributed by atoms with Crippen molar-refractivity contribution in [1.82, 2.24) is 24.9 Å². The van der Waals surface area contributed by atoms with Crippen LogP contribution in [0.5, 0.6) is 0 Å². The lowest BCUT2D eigenvalue weighted by Gasteiger charge is -2.13. The lowest BCUT2D eigenvalue weighted by Crippen LogP contribution is -2.08. The van der Waals surface area contributed by atoms with Crippen LogP contribution in [0.2, 0.25) is 5.02 Å². The molecule has 3 aromatic rings. The number of hydrogen-bond donors (Lipinski definition) is 1. The fourth-order valence-electron chi connectivity index (χ4n) is 2.87. The van der Waals surface area contributed by atoms with Gasteiger partial charge in [0.25, 0.3) is 0 Å². The van der Waals surface area contributed by atoms with E-state index in [1.807, 2.05) is 49.6 Å². The lowest BCUT2D eigenvalue weighted by atomic mass is 10.2. The molecule has 0 radical (unpaired) electrons. The average molecular weight is 507 g/mol. The zero-order valence-electron chi connectivity index (χ0n) is 18.5. The maximum atomic E-state index is 6.34. The number of nitrogens with one attached hydrogen (secondary N) is 1. The molecule has 0 bridgehead atoms. The van der Waals surface area contributed by atoms with E-state index in [1.165, 1.54) is 16.9 Å². The molecule has 0 aromatic carbocycles. The zero-order valence-corrected chi connectivity index (χ0v) is 21.7. The van der Waals surface area contributed by atoms with E-state index in [0.29, 0.717) is 23.2 Å². The molecule has 0 amide bonds. The second-order valence-corrected chi connectivity index (χ2v) is 10.7. The van der Waals surface area contributed by atoms with Gasteiger partial charge in [-0.05, 0) is 56.4 Å². The van der Waals surface area contributed by atoms with Crippen molar-refractivity contribution in [1.29, 1.82) is 0 Å². The Morgan fingerprint density at radius 1 is 0.906 bits per heavy atom. The van der Waals surface area contributed by atoms with Gasteiger partial charge >= 0.3 is 0 Å². The van der Waals surface area contributed by atoms with Gasteiger partial charge in [-0.15, -0.1) is 11.8 Å². The summed E-state index contributed by atoms with van der Waals surface area (Å²) in [6.45, 7) is 6.46. The SMILES string of the molecule is Cc1nc(C)c(Cl)c(NCc2nccc(SCCCSCCSc3ncccn3)c2C)n1. The van der Waals surface area contributed by atoms with E-state index in [0.717, 1.165) is 39.6 Å². The molecule has 6 nitrogen and oxygen atoms in total. The number of halogens is 1. The van der Waals surface area contributed by atoms with Crippen molar-refractivity contribution in [2.75, 3.05) is 28.3 Å². The number of rotatable bonds is 12. The Bertz CT molecular complexity index is 1010. The fourth-order valence-corrected chi connectivity index (χ4v) is 6.02. The summed E-state index contributed by atoms with van der Waals surface area (Å²) in [5.74, 6) is 5.76. The molecule has 0 saturated carbocycles. The van der Waals surface area contributed by atoms with Crippen molar-refractivity contribution < 1.29 is 0 Å². The van der Waals surface area contributed by atoms with Gasteiger partial charge < -0.3 is 5.32 Å². The molecule has 0 aliphatic heterocycles. The van der Waals surface area contributed by atoms with Gasteiger partial charge in [0, 0.05) is 35.0 Å². The van der Waals surface area contributed by atoms with Gasteiger partial charge in [0.15, 0.2) is 5.16 Å². The van der Waals surface area contributed by atoms with Crippen molar-refractivity contribution in [3.05, 3.63) is 58.5 Å². The summed E-state index contributed by atoms with van der Waals surface area (Å²) in [4.78, 5) is 23.0. The van der Waals surface area contributed by atoms with E-state index in [1.54, 1.807) is 24.2 Å². The number of nitrogens with zero attached hydrogens (tertiary/aromatic N) is 5. The monoisotopic (exact) mass is 506 g/mol. The van der Waals surface area contributed by atoms with E-state index in [4.69, 9.17) is 11.6 Å². The highest BCUT2D eigenvalue weighted by Crippen LogP contribution is 2.27. The minimum Gasteiger partial charge on any atom is -0.363 e. The predicted octanol–water partition coefficient (Wildman–Crippen LogP) is 5.86. The molecule has 3 heterocycles. The summed E-state index contributed by atoms with van der Waals surface area (Å²) in [6, 6.07) is 3.94. The molecule has 3 rings (SSSR count). The summed E-state index contributed by atoms with van der Waals surface area (Å²) in [5.41, 5.74) is 2.99. The van der Waals surface area contributed by atoms with Crippen LogP contribution >= 0.6 is 46.9 Å². The first-order chi connectivity index (χ1) is 15.5. The van der Waals surface area contributed by atoms with Gasteiger partial charge in [-0.2, -0.15) is 11.8 Å². The van der Waals surface area contributed by atoms with Gasteiger partial charge in [-0.1, -0.05) is 23.4 Å². The third-order valence-electron chi connectivity index (χ3n) is 4.50. The first-order valence-corrected chi connectivity index (χ1v) is 13.8. The second-order valence-electron chi connectivity index (χ2n) is 6.95. The third-order valence-corrected chi connectivity index (χ3v) is 8.41. The van der Waals surface area contributed by atoms with Crippen LogP contribution in [0.3, 0.4) is 0 Å². The minimum absolute atomic E-state index is 0.561. The molecule has 0 aliphatic carbocycles. The molecule has 170 valence electrons. The molecule has 0 fully saturated rings. The maximum absolute atomic E-state index is 6.34. The van der Waals surface area contributed by atoms with Crippen molar-refractivity contribution in [3.63, 3.8) is 0 Å². The van der Waals surface area contributed by atoms with Crippen LogP contribution in [0, 0.1) is 20.8 Å². The number of anilines is 1. The Labute approximate surface area is 207 Å². The summed E-state index contributed by atoms with van der Waals surface area (Å²) >= 11 is 11.9. The van der Waals surface area contributed by atoms with Crippen LogP contribution in [0.4, 0.5) is 5.82 Å². The molecular formula is C22H27ClN6S3. The normalized spacial score (nSPS) is 11.0. The van der Waals surface area contributed by atoms with Gasteiger partial charge in [0.05, 0.1) is 17.9 Å². The van der Waals surface area contributed by atoms with Crippen LogP contribution in [0.15, 0.2) is 40.8 Å². The van der Waals surface area contributed by atoms with Gasteiger partial charge in [0.1, 0.15) is 16.7 Å². The Kier molecular flexibility index (Phi) is 10.4. The molecule has 0 atom stereocenters. The van der Waals surface area contributed by atoms with Gasteiger partial charge in [-0.3, -0.25) is 4.98 Å². The quantitative estimate of drug-likeness (QED) is 0.184. The summed E-state index contributed by atoms with van der Waals surface area (Å²) in [7, 11) is 0. The Morgan fingerprint density at radius 2 is 1.72 bits per heavy atom. The van der Waals surface area contributed by atoms with Crippen molar-refractivity contribution in [3.8, 4) is 0 Å². The number of thioether (sulfide) groups is 3. The zero-order chi connectivity index (χ0) is 22.8. The smallest absolute Gasteiger partial charge is 0.187 e. The highest BCUT2D eigenvalue weighted by atomic mass is 35.5. The van der Waals surface area contributed by atoms with Crippen LogP contribution in [-0.2, 0) is 6.54 Å². The standard InChI is InChI=1S/C22H27ClN6S3/c1-15-18(14-27-21-20(23)16(2)28-17(3)29-21)24-9-6-19(15)31-11-5-10-30-12-13-32-22-25-7-4-8-26-22/h4,6-9H,5,10-14H2,1-3H3,(H,27,28,29). The molecular weight excluding hydrogens is 480 g/mol. The van der Waals surface area contributed by atoms with Crippen LogP contribution in [0.25, 0.3) is 0 Å². The second kappa shape index (κ2) is 13.2. The van der Waals surface area contributed by atoms with E-state index >= 15 is 0 Å². The molecule has 0 spiro atoms. The maximum Gasteiger partial charge on any atom is 0.187 e. The van der Waals surface area contributed by atoms with Crippen LogP contribution in [-0.4, -0.2) is 47.9 Å².